The van der Waals surface area contributed by atoms with Gasteiger partial charge in [-0.2, -0.15) is 4.98 Å². The highest BCUT2D eigenvalue weighted by Crippen LogP contribution is 2.36. The molecular formula is C25H25N5O2. The zero-order valence-corrected chi connectivity index (χ0v) is 18.2. The minimum atomic E-state index is -0.459. The Bertz CT molecular complexity index is 1360. The molecule has 1 aliphatic rings. The summed E-state index contributed by atoms with van der Waals surface area (Å²) < 4.78 is 1.97. The number of rotatable bonds is 4. The molecule has 0 bridgehead atoms. The van der Waals surface area contributed by atoms with Crippen LogP contribution in [0, 0.1) is 6.92 Å². The van der Waals surface area contributed by atoms with Gasteiger partial charge in [-0.25, -0.2) is 4.98 Å². The second kappa shape index (κ2) is 7.67. The lowest BCUT2D eigenvalue weighted by molar-refractivity contribution is 0.100. The maximum atomic E-state index is 11.9. The molecule has 0 radical (unpaired) electrons. The molecule has 2 aromatic heterocycles. The summed E-state index contributed by atoms with van der Waals surface area (Å²) in [6, 6.07) is 14.7. The lowest BCUT2D eigenvalue weighted by Gasteiger charge is -2.26. The SMILES string of the molecule is Cc1cc2c(C(N)=O)cccc2n1-c1nc2c(c(N(C)c3ccccc3O)n1)CCCC2. The van der Waals surface area contributed by atoms with Gasteiger partial charge in [-0.05, 0) is 62.9 Å². The molecule has 7 nitrogen and oxygen atoms in total. The van der Waals surface area contributed by atoms with E-state index in [9.17, 15) is 9.90 Å². The molecular weight excluding hydrogens is 402 g/mol. The third-order valence-electron chi connectivity index (χ3n) is 6.21. The summed E-state index contributed by atoms with van der Waals surface area (Å²) in [5, 5.41) is 11.2. The molecule has 3 N–H and O–H groups in total. The normalized spacial score (nSPS) is 13.2. The molecule has 7 heteroatoms. The van der Waals surface area contributed by atoms with Crippen molar-refractivity contribution in [3.8, 4) is 11.7 Å². The number of benzene rings is 2. The minimum absolute atomic E-state index is 0.202. The topological polar surface area (TPSA) is 97.3 Å². The summed E-state index contributed by atoms with van der Waals surface area (Å²) in [5.41, 5.74) is 10.7. The van der Waals surface area contributed by atoms with E-state index in [0.717, 1.165) is 59.4 Å². The van der Waals surface area contributed by atoms with E-state index in [4.69, 9.17) is 15.7 Å². The highest BCUT2D eigenvalue weighted by molar-refractivity contribution is 6.06. The quantitative estimate of drug-likeness (QED) is 0.509. The fourth-order valence-electron chi connectivity index (χ4n) is 4.64. The Labute approximate surface area is 186 Å². The molecule has 0 fully saturated rings. The van der Waals surface area contributed by atoms with Crippen molar-refractivity contribution in [2.24, 2.45) is 5.73 Å². The van der Waals surface area contributed by atoms with Crippen LogP contribution in [0.2, 0.25) is 0 Å². The van der Waals surface area contributed by atoms with Crippen LogP contribution in [-0.4, -0.2) is 32.6 Å². The number of aryl methyl sites for hydroxylation is 2. The second-order valence-electron chi connectivity index (χ2n) is 8.25. The van der Waals surface area contributed by atoms with Gasteiger partial charge < -0.3 is 15.7 Å². The summed E-state index contributed by atoms with van der Waals surface area (Å²) in [4.78, 5) is 23.8. The highest BCUT2D eigenvalue weighted by Gasteiger charge is 2.24. The number of aromatic hydroxyl groups is 1. The number of aromatic nitrogens is 3. The van der Waals surface area contributed by atoms with Gasteiger partial charge in [0.25, 0.3) is 0 Å². The lowest BCUT2D eigenvalue weighted by atomic mass is 9.96. The molecule has 4 aromatic rings. The number of nitrogens with two attached hydrogens (primary N) is 1. The van der Waals surface area contributed by atoms with Crippen molar-refractivity contribution in [3.05, 3.63) is 71.0 Å². The predicted molar refractivity (Wildman–Crippen MR) is 125 cm³/mol. The van der Waals surface area contributed by atoms with Gasteiger partial charge in [0.05, 0.1) is 16.9 Å². The molecule has 0 unspecified atom stereocenters. The largest absolute Gasteiger partial charge is 0.506 e. The smallest absolute Gasteiger partial charge is 0.249 e. The Kier molecular flexibility index (Phi) is 4.81. The Morgan fingerprint density at radius 1 is 1.09 bits per heavy atom. The predicted octanol–water partition coefficient (Wildman–Crippen LogP) is 4.18. The zero-order chi connectivity index (χ0) is 22.4. The number of phenols is 1. The summed E-state index contributed by atoms with van der Waals surface area (Å²) in [6.45, 7) is 1.97. The molecule has 162 valence electrons. The second-order valence-corrected chi connectivity index (χ2v) is 8.25. The van der Waals surface area contributed by atoms with Crippen LogP contribution in [0.4, 0.5) is 11.5 Å². The first-order chi connectivity index (χ1) is 15.5. The van der Waals surface area contributed by atoms with E-state index in [-0.39, 0.29) is 5.75 Å². The van der Waals surface area contributed by atoms with Crippen LogP contribution in [0.25, 0.3) is 16.9 Å². The Balaban J connectivity index is 1.74. The van der Waals surface area contributed by atoms with Crippen molar-refractivity contribution in [2.75, 3.05) is 11.9 Å². The molecule has 2 aromatic carbocycles. The number of phenolic OH excluding ortho intramolecular Hbond substituents is 1. The summed E-state index contributed by atoms with van der Waals surface area (Å²) in [7, 11) is 1.92. The average molecular weight is 428 g/mol. The highest BCUT2D eigenvalue weighted by atomic mass is 16.3. The summed E-state index contributed by atoms with van der Waals surface area (Å²) >= 11 is 0. The standard InChI is InChI=1S/C25H25N5O2/c1-15-14-18-16(23(26)32)9-7-12-20(18)30(15)25-27-19-10-4-3-8-17(19)24(28-25)29(2)21-11-5-6-13-22(21)31/h5-7,9,11-14,31H,3-4,8,10H2,1-2H3,(H2,26,32). The van der Waals surface area contributed by atoms with Gasteiger partial charge >= 0.3 is 0 Å². The molecule has 0 aliphatic heterocycles. The minimum Gasteiger partial charge on any atom is -0.506 e. The molecule has 2 heterocycles. The van der Waals surface area contributed by atoms with Crippen LogP contribution >= 0.6 is 0 Å². The number of para-hydroxylation sites is 2. The van der Waals surface area contributed by atoms with Gasteiger partial charge in [-0.15, -0.1) is 0 Å². The molecule has 0 atom stereocenters. The van der Waals surface area contributed by atoms with Gasteiger partial charge in [0.1, 0.15) is 11.6 Å². The number of hydrogen-bond acceptors (Lipinski definition) is 5. The number of hydrogen-bond donors (Lipinski definition) is 2. The van der Waals surface area contributed by atoms with Gasteiger partial charge in [-0.1, -0.05) is 18.2 Å². The molecule has 5 rings (SSSR count). The number of anilines is 2. The molecule has 1 aliphatic carbocycles. The van der Waals surface area contributed by atoms with E-state index >= 15 is 0 Å². The van der Waals surface area contributed by atoms with Crippen molar-refractivity contribution in [1.29, 1.82) is 0 Å². The van der Waals surface area contributed by atoms with Gasteiger partial charge in [0.2, 0.25) is 11.9 Å². The van der Waals surface area contributed by atoms with Crippen molar-refractivity contribution in [1.82, 2.24) is 14.5 Å². The molecule has 0 saturated carbocycles. The first-order valence-corrected chi connectivity index (χ1v) is 10.8. The van der Waals surface area contributed by atoms with Crippen molar-refractivity contribution < 1.29 is 9.90 Å². The maximum absolute atomic E-state index is 11.9. The molecule has 0 spiro atoms. The first kappa shape index (κ1) is 20.1. The summed E-state index contributed by atoms with van der Waals surface area (Å²) in [6.07, 6.45) is 3.96. The van der Waals surface area contributed by atoms with Crippen LogP contribution in [0.3, 0.4) is 0 Å². The monoisotopic (exact) mass is 427 g/mol. The maximum Gasteiger partial charge on any atom is 0.249 e. The van der Waals surface area contributed by atoms with Gasteiger partial charge in [-0.3, -0.25) is 9.36 Å². The number of carbonyl (C=O) groups is 1. The zero-order valence-electron chi connectivity index (χ0n) is 18.2. The van der Waals surface area contributed by atoms with E-state index in [1.54, 1.807) is 18.2 Å². The number of amides is 1. The Morgan fingerprint density at radius 2 is 1.88 bits per heavy atom. The van der Waals surface area contributed by atoms with Crippen LogP contribution in [0.1, 0.15) is 40.2 Å². The number of primary amides is 1. The van der Waals surface area contributed by atoms with E-state index in [0.29, 0.717) is 17.2 Å². The first-order valence-electron chi connectivity index (χ1n) is 10.8. The molecule has 1 amide bonds. The Morgan fingerprint density at radius 3 is 2.66 bits per heavy atom. The number of fused-ring (bicyclic) bond motifs is 2. The molecule has 32 heavy (non-hydrogen) atoms. The fraction of sp³-hybridized carbons (Fsp3) is 0.240. The van der Waals surface area contributed by atoms with E-state index in [1.165, 1.54) is 0 Å². The van der Waals surface area contributed by atoms with Crippen LogP contribution in [0.15, 0.2) is 48.5 Å². The third-order valence-corrected chi connectivity index (χ3v) is 6.21. The van der Waals surface area contributed by atoms with Crippen LogP contribution < -0.4 is 10.6 Å². The number of carbonyl (C=O) groups excluding carboxylic acids is 1. The van der Waals surface area contributed by atoms with E-state index in [1.807, 2.05) is 53.8 Å². The van der Waals surface area contributed by atoms with Crippen molar-refractivity contribution in [3.63, 3.8) is 0 Å². The van der Waals surface area contributed by atoms with Crippen molar-refractivity contribution in [2.45, 2.75) is 32.6 Å². The van der Waals surface area contributed by atoms with E-state index in [2.05, 4.69) is 0 Å². The Hall–Kier alpha value is -3.87. The van der Waals surface area contributed by atoms with Crippen LogP contribution in [-0.2, 0) is 12.8 Å². The van der Waals surface area contributed by atoms with Crippen LogP contribution in [0.5, 0.6) is 5.75 Å². The lowest BCUT2D eigenvalue weighted by Crippen LogP contribution is -2.20. The summed E-state index contributed by atoms with van der Waals surface area (Å²) in [5.74, 6) is 1.09. The van der Waals surface area contributed by atoms with Gasteiger partial charge in [0, 0.05) is 29.3 Å². The molecule has 0 saturated heterocycles. The number of nitrogens with zero attached hydrogens (tertiary/aromatic N) is 4. The fourth-order valence-corrected chi connectivity index (χ4v) is 4.64. The van der Waals surface area contributed by atoms with E-state index < -0.39 is 5.91 Å². The average Bonchev–Trinajstić information content (AvgIpc) is 3.13. The van der Waals surface area contributed by atoms with Crippen molar-refractivity contribution >= 4 is 28.3 Å². The third kappa shape index (κ3) is 3.17. The van der Waals surface area contributed by atoms with Gasteiger partial charge in [0.15, 0.2) is 0 Å².